The molecule has 194 valence electrons. The normalized spacial score (nSPS) is 15.8. The second-order valence-corrected chi connectivity index (χ2v) is 9.90. The zero-order valence-corrected chi connectivity index (χ0v) is 21.7. The van der Waals surface area contributed by atoms with E-state index in [4.69, 9.17) is 23.7 Å². The fourth-order valence-corrected chi connectivity index (χ4v) is 5.29. The second kappa shape index (κ2) is 11.7. The number of carbonyl (C=O) groups excluding carboxylic acids is 1. The number of amides is 1. The van der Waals surface area contributed by atoms with E-state index in [9.17, 15) is 4.79 Å². The molecule has 2 aliphatic heterocycles. The predicted molar refractivity (Wildman–Crippen MR) is 142 cm³/mol. The van der Waals surface area contributed by atoms with Crippen LogP contribution >= 0.6 is 11.8 Å². The molecular weight excluding hydrogens is 492 g/mol. The lowest BCUT2D eigenvalue weighted by Gasteiger charge is -2.26. The molecular formula is C28H30N2O6S. The van der Waals surface area contributed by atoms with Gasteiger partial charge in [0.2, 0.25) is 12.7 Å². The van der Waals surface area contributed by atoms with Crippen molar-refractivity contribution in [2.75, 3.05) is 52.6 Å². The third-order valence-corrected chi connectivity index (χ3v) is 7.47. The molecule has 9 heteroatoms. The number of fused-ring (bicyclic) bond motifs is 2. The number of hydrogen-bond donors (Lipinski definition) is 1. The Hall–Kier alpha value is -3.56. The summed E-state index contributed by atoms with van der Waals surface area (Å²) in [7, 11) is 3.68. The molecule has 0 aliphatic carbocycles. The van der Waals surface area contributed by atoms with Crippen LogP contribution in [0, 0.1) is 0 Å². The summed E-state index contributed by atoms with van der Waals surface area (Å²) in [5.74, 6) is 3.55. The van der Waals surface area contributed by atoms with Crippen molar-refractivity contribution in [3.63, 3.8) is 0 Å². The molecule has 0 aromatic heterocycles. The van der Waals surface area contributed by atoms with Gasteiger partial charge < -0.3 is 33.9 Å². The van der Waals surface area contributed by atoms with Crippen LogP contribution < -0.4 is 29.0 Å². The summed E-state index contributed by atoms with van der Waals surface area (Å²) in [5.41, 5.74) is 1.64. The van der Waals surface area contributed by atoms with Crippen molar-refractivity contribution in [1.82, 2.24) is 4.90 Å². The number of carbonyl (C=O) groups is 1. The Morgan fingerprint density at radius 2 is 1.81 bits per heavy atom. The average Bonchev–Trinajstić information content (AvgIpc) is 3.39. The lowest BCUT2D eigenvalue weighted by molar-refractivity contribution is -0.115. The van der Waals surface area contributed by atoms with Crippen LogP contribution in [-0.4, -0.2) is 58.1 Å². The lowest BCUT2D eigenvalue weighted by atomic mass is 10.1. The lowest BCUT2D eigenvalue weighted by Crippen LogP contribution is -2.26. The molecule has 0 spiro atoms. The van der Waals surface area contributed by atoms with Gasteiger partial charge in [0, 0.05) is 29.6 Å². The molecule has 1 atom stereocenters. The summed E-state index contributed by atoms with van der Waals surface area (Å²) in [4.78, 5) is 16.2. The molecule has 0 bridgehead atoms. The van der Waals surface area contributed by atoms with Gasteiger partial charge in [-0.3, -0.25) is 4.79 Å². The number of nitrogens with one attached hydrogen (secondary N) is 1. The molecule has 1 N–H and O–H groups in total. The van der Waals surface area contributed by atoms with Crippen molar-refractivity contribution in [2.45, 2.75) is 16.6 Å². The zero-order valence-electron chi connectivity index (χ0n) is 20.9. The minimum absolute atomic E-state index is 0.0657. The number of rotatable bonds is 11. The number of nitrogens with zero attached hydrogens (tertiary/aromatic N) is 1. The number of ether oxygens (including phenoxy) is 5. The van der Waals surface area contributed by atoms with E-state index in [1.165, 1.54) is 11.8 Å². The zero-order chi connectivity index (χ0) is 25.6. The van der Waals surface area contributed by atoms with E-state index < -0.39 is 5.25 Å². The first-order valence-electron chi connectivity index (χ1n) is 12.2. The van der Waals surface area contributed by atoms with Gasteiger partial charge in [-0.25, -0.2) is 0 Å². The summed E-state index contributed by atoms with van der Waals surface area (Å²) in [6.45, 7) is 2.97. The number of likely N-dealkylation sites (N-methyl/N-ethyl adjacent to an activating group) is 1. The standard InChI is InChI=1S/C28H30N2O6S/c1-30(13-15-33-20-9-11-24-25(17-20)36-18-35-24)12-5-14-34-23-10-8-19(32-2)16-21(23)27-28(31)29-22-6-3-4-7-26(22)37-27/h3-4,6-11,16-17,27H,5,12-15,18H2,1-2H3,(H,29,31). The number of benzene rings is 3. The highest BCUT2D eigenvalue weighted by atomic mass is 32.2. The van der Waals surface area contributed by atoms with E-state index in [0.29, 0.717) is 30.5 Å². The molecule has 3 aromatic carbocycles. The Labute approximate surface area is 220 Å². The van der Waals surface area contributed by atoms with Crippen molar-refractivity contribution < 1.29 is 28.5 Å². The minimum Gasteiger partial charge on any atom is -0.497 e. The van der Waals surface area contributed by atoms with Gasteiger partial charge in [0.15, 0.2) is 11.5 Å². The van der Waals surface area contributed by atoms with Crippen LogP contribution in [0.2, 0.25) is 0 Å². The third-order valence-electron chi connectivity index (χ3n) is 6.15. The first-order chi connectivity index (χ1) is 18.1. The molecule has 37 heavy (non-hydrogen) atoms. The highest BCUT2D eigenvalue weighted by Crippen LogP contribution is 2.46. The predicted octanol–water partition coefficient (Wildman–Crippen LogP) is 4.99. The van der Waals surface area contributed by atoms with Gasteiger partial charge >= 0.3 is 0 Å². The monoisotopic (exact) mass is 522 g/mol. The summed E-state index contributed by atoms with van der Waals surface area (Å²) < 4.78 is 28.2. The summed E-state index contributed by atoms with van der Waals surface area (Å²) in [5, 5.41) is 2.59. The summed E-state index contributed by atoms with van der Waals surface area (Å²) in [6.07, 6.45) is 0.832. The quantitative estimate of drug-likeness (QED) is 0.353. The Bertz CT molecular complexity index is 1250. The highest BCUT2D eigenvalue weighted by molar-refractivity contribution is 8.00. The molecule has 8 nitrogen and oxygen atoms in total. The Kier molecular flexibility index (Phi) is 7.91. The number of anilines is 1. The first kappa shape index (κ1) is 25.1. The number of thioether (sulfide) groups is 1. The van der Waals surface area contributed by atoms with Gasteiger partial charge in [-0.2, -0.15) is 0 Å². The average molecular weight is 523 g/mol. The molecule has 0 fully saturated rings. The number of methoxy groups -OCH3 is 1. The third kappa shape index (κ3) is 6.06. The van der Waals surface area contributed by atoms with E-state index >= 15 is 0 Å². The fraction of sp³-hybridized carbons (Fsp3) is 0.321. The molecule has 0 saturated heterocycles. The minimum atomic E-state index is -0.420. The summed E-state index contributed by atoms with van der Waals surface area (Å²) in [6, 6.07) is 19.0. The second-order valence-electron chi connectivity index (χ2n) is 8.76. The van der Waals surface area contributed by atoms with Crippen molar-refractivity contribution >= 4 is 23.4 Å². The van der Waals surface area contributed by atoms with Gasteiger partial charge in [-0.05, 0) is 55.9 Å². The van der Waals surface area contributed by atoms with E-state index in [-0.39, 0.29) is 12.7 Å². The largest absolute Gasteiger partial charge is 0.497 e. The van der Waals surface area contributed by atoms with E-state index in [1.54, 1.807) is 7.11 Å². The maximum atomic E-state index is 12.9. The van der Waals surface area contributed by atoms with Crippen LogP contribution in [0.4, 0.5) is 5.69 Å². The van der Waals surface area contributed by atoms with Crippen molar-refractivity contribution in [2.24, 2.45) is 0 Å². The SMILES string of the molecule is COc1ccc(OCCCN(C)CCOc2ccc3c(c2)OCO3)c(C2Sc3ccccc3NC2=O)c1. The van der Waals surface area contributed by atoms with Crippen LogP contribution in [0.1, 0.15) is 17.2 Å². The maximum Gasteiger partial charge on any atom is 0.242 e. The summed E-state index contributed by atoms with van der Waals surface area (Å²) >= 11 is 1.52. The first-order valence-corrected chi connectivity index (χ1v) is 13.1. The van der Waals surface area contributed by atoms with Crippen molar-refractivity contribution in [3.8, 4) is 28.7 Å². The van der Waals surface area contributed by atoms with Crippen LogP contribution in [0.5, 0.6) is 28.7 Å². The van der Waals surface area contributed by atoms with Gasteiger partial charge in [0.25, 0.3) is 0 Å². The van der Waals surface area contributed by atoms with Crippen molar-refractivity contribution in [1.29, 1.82) is 0 Å². The maximum absolute atomic E-state index is 12.9. The topological polar surface area (TPSA) is 78.5 Å². The van der Waals surface area contributed by atoms with Crippen LogP contribution in [0.15, 0.2) is 65.6 Å². The van der Waals surface area contributed by atoms with Crippen LogP contribution in [0.3, 0.4) is 0 Å². The van der Waals surface area contributed by atoms with E-state index in [1.807, 2.05) is 60.7 Å². The van der Waals surface area contributed by atoms with Gasteiger partial charge in [0.05, 0.1) is 19.4 Å². The molecule has 1 amide bonds. The molecule has 2 heterocycles. The van der Waals surface area contributed by atoms with Crippen molar-refractivity contribution in [3.05, 3.63) is 66.2 Å². The molecule has 0 saturated carbocycles. The molecule has 3 aromatic rings. The molecule has 0 radical (unpaired) electrons. The van der Waals surface area contributed by atoms with Crippen LogP contribution in [0.25, 0.3) is 0 Å². The fourth-order valence-electron chi connectivity index (χ4n) is 4.16. The Morgan fingerprint density at radius 1 is 0.973 bits per heavy atom. The van der Waals surface area contributed by atoms with E-state index in [0.717, 1.165) is 47.2 Å². The smallest absolute Gasteiger partial charge is 0.242 e. The molecule has 5 rings (SSSR count). The van der Waals surface area contributed by atoms with E-state index in [2.05, 4.69) is 17.3 Å². The van der Waals surface area contributed by atoms with Gasteiger partial charge in [-0.15, -0.1) is 11.8 Å². The Morgan fingerprint density at radius 3 is 2.70 bits per heavy atom. The van der Waals surface area contributed by atoms with Gasteiger partial charge in [-0.1, -0.05) is 12.1 Å². The highest BCUT2D eigenvalue weighted by Gasteiger charge is 2.31. The number of para-hydroxylation sites is 1. The Balaban J connectivity index is 1.12. The molecule has 1 unspecified atom stereocenters. The molecule has 2 aliphatic rings. The van der Waals surface area contributed by atoms with Crippen LogP contribution in [-0.2, 0) is 4.79 Å². The van der Waals surface area contributed by atoms with Gasteiger partial charge in [0.1, 0.15) is 29.1 Å². The number of hydrogen-bond acceptors (Lipinski definition) is 8.